The fraction of sp³-hybridized carbons (Fsp3) is 0.533. The SMILES string of the molecule is [Ba+2].[CH2-]CCCCCCCC.[O-]c1ccccc1. The molecule has 0 fully saturated rings. The number of rotatable bonds is 6. The quantitative estimate of drug-likeness (QED) is 0.429. The van der Waals surface area contributed by atoms with Crippen LogP contribution in [-0.2, 0) is 0 Å². The van der Waals surface area contributed by atoms with Gasteiger partial charge in [0, 0.05) is 0 Å². The van der Waals surface area contributed by atoms with Gasteiger partial charge >= 0.3 is 48.9 Å². The van der Waals surface area contributed by atoms with Crippen LogP contribution in [0.3, 0.4) is 0 Å². The molecular formula is C15H24BaO. The minimum atomic E-state index is 0. The molecule has 0 aliphatic heterocycles. The summed E-state index contributed by atoms with van der Waals surface area (Å²) in [6.07, 6.45) is 9.45. The molecule has 0 aliphatic carbocycles. The van der Waals surface area contributed by atoms with Crippen molar-refractivity contribution in [1.82, 2.24) is 0 Å². The Hall–Kier alpha value is 0.591. The molecule has 0 atom stereocenters. The second-order valence-electron chi connectivity index (χ2n) is 3.93. The molecule has 0 saturated carbocycles. The third-order valence-corrected chi connectivity index (χ3v) is 2.35. The van der Waals surface area contributed by atoms with E-state index in [1.165, 1.54) is 50.7 Å². The summed E-state index contributed by atoms with van der Waals surface area (Å²) in [6, 6.07) is 8.33. The first-order valence-corrected chi connectivity index (χ1v) is 6.32. The zero-order valence-electron chi connectivity index (χ0n) is 11.2. The van der Waals surface area contributed by atoms with Gasteiger partial charge in [-0.2, -0.15) is 6.42 Å². The fourth-order valence-corrected chi connectivity index (χ4v) is 1.38. The standard InChI is InChI=1S/C9H19.C6H6O.Ba/c1-3-5-7-9-8-6-4-2;7-6-4-2-1-3-5-6;/h1,3-9H2,2H3;1-5,7H;/q-1;;+2/p-1. The van der Waals surface area contributed by atoms with Crippen molar-refractivity contribution in [3.05, 3.63) is 37.3 Å². The molecule has 0 amide bonds. The Morgan fingerprint density at radius 2 is 1.47 bits per heavy atom. The van der Waals surface area contributed by atoms with E-state index in [9.17, 15) is 5.11 Å². The summed E-state index contributed by atoms with van der Waals surface area (Å²) >= 11 is 0. The fourth-order valence-electron chi connectivity index (χ4n) is 1.38. The van der Waals surface area contributed by atoms with E-state index in [1.807, 2.05) is 6.07 Å². The molecule has 92 valence electrons. The van der Waals surface area contributed by atoms with Gasteiger partial charge in [0.05, 0.1) is 0 Å². The molecular weight excluding hydrogens is 333 g/mol. The first kappa shape index (κ1) is 19.9. The van der Waals surface area contributed by atoms with Crippen molar-refractivity contribution < 1.29 is 5.11 Å². The van der Waals surface area contributed by atoms with Crippen LogP contribution in [0.4, 0.5) is 0 Å². The van der Waals surface area contributed by atoms with Gasteiger partial charge in [0.2, 0.25) is 0 Å². The van der Waals surface area contributed by atoms with E-state index in [-0.39, 0.29) is 54.6 Å². The summed E-state index contributed by atoms with van der Waals surface area (Å²) in [7, 11) is 0. The predicted octanol–water partition coefficient (Wildman–Crippen LogP) is 3.95. The van der Waals surface area contributed by atoms with Gasteiger partial charge in [0.15, 0.2) is 0 Å². The van der Waals surface area contributed by atoms with Crippen molar-refractivity contribution >= 4 is 48.9 Å². The Kier molecular flexibility index (Phi) is 19.4. The smallest absolute Gasteiger partial charge is 0.872 e. The molecule has 0 bridgehead atoms. The van der Waals surface area contributed by atoms with Gasteiger partial charge < -0.3 is 12.0 Å². The molecule has 0 aliphatic rings. The van der Waals surface area contributed by atoms with Crippen molar-refractivity contribution in [3.8, 4) is 5.75 Å². The Morgan fingerprint density at radius 1 is 0.941 bits per heavy atom. The summed E-state index contributed by atoms with van der Waals surface area (Å²) in [5.41, 5.74) is 0. The normalized spacial score (nSPS) is 8.82. The van der Waals surface area contributed by atoms with Gasteiger partial charge in [-0.25, -0.2) is 0 Å². The summed E-state index contributed by atoms with van der Waals surface area (Å²) in [4.78, 5) is 0. The van der Waals surface area contributed by atoms with E-state index in [0.29, 0.717) is 0 Å². The molecule has 17 heavy (non-hydrogen) atoms. The number of hydrogen-bond donors (Lipinski definition) is 0. The molecule has 0 heterocycles. The van der Waals surface area contributed by atoms with Gasteiger partial charge in [0.25, 0.3) is 0 Å². The van der Waals surface area contributed by atoms with E-state index in [0.717, 1.165) is 6.42 Å². The molecule has 1 rings (SSSR count). The van der Waals surface area contributed by atoms with Crippen LogP contribution in [-0.4, -0.2) is 48.9 Å². The number of unbranched alkanes of at least 4 members (excludes halogenated alkanes) is 6. The molecule has 0 aromatic heterocycles. The summed E-state index contributed by atoms with van der Waals surface area (Å²) < 4.78 is 0. The van der Waals surface area contributed by atoms with Crippen molar-refractivity contribution in [2.75, 3.05) is 0 Å². The third kappa shape index (κ3) is 16.6. The topological polar surface area (TPSA) is 23.1 Å². The van der Waals surface area contributed by atoms with Crippen LogP contribution in [0.15, 0.2) is 30.3 Å². The Balaban J connectivity index is 0. The summed E-state index contributed by atoms with van der Waals surface area (Å²) in [5.74, 6) is 0.0718. The number of para-hydroxylation sites is 1. The maximum Gasteiger partial charge on any atom is 2.00 e. The van der Waals surface area contributed by atoms with E-state index in [1.54, 1.807) is 12.1 Å². The molecule has 1 nitrogen and oxygen atoms in total. The molecule has 0 radical (unpaired) electrons. The van der Waals surface area contributed by atoms with Gasteiger partial charge in [-0.3, -0.25) is 0 Å². The molecule has 0 unspecified atom stereocenters. The second-order valence-corrected chi connectivity index (χ2v) is 3.93. The van der Waals surface area contributed by atoms with E-state index >= 15 is 0 Å². The molecule has 1 aromatic carbocycles. The predicted molar refractivity (Wildman–Crippen MR) is 75.0 cm³/mol. The summed E-state index contributed by atoms with van der Waals surface area (Å²) in [6.45, 7) is 6.05. The molecule has 1 aromatic rings. The van der Waals surface area contributed by atoms with E-state index in [4.69, 9.17) is 0 Å². The molecule has 0 saturated heterocycles. The average molecular weight is 358 g/mol. The minimum Gasteiger partial charge on any atom is -0.872 e. The van der Waals surface area contributed by atoms with Crippen LogP contribution in [0.1, 0.15) is 51.9 Å². The first-order valence-electron chi connectivity index (χ1n) is 6.32. The van der Waals surface area contributed by atoms with Crippen molar-refractivity contribution in [1.29, 1.82) is 0 Å². The number of benzene rings is 1. The molecule has 2 heteroatoms. The monoisotopic (exact) mass is 358 g/mol. The van der Waals surface area contributed by atoms with Crippen LogP contribution in [0.25, 0.3) is 0 Å². The summed E-state index contributed by atoms with van der Waals surface area (Å²) in [5, 5.41) is 10.3. The van der Waals surface area contributed by atoms with Crippen LogP contribution < -0.4 is 5.11 Å². The van der Waals surface area contributed by atoms with Crippen LogP contribution in [0.5, 0.6) is 5.75 Å². The minimum absolute atomic E-state index is 0. The Bertz CT molecular complexity index is 218. The Labute approximate surface area is 147 Å². The first-order chi connectivity index (χ1) is 7.81. The van der Waals surface area contributed by atoms with Crippen LogP contribution >= 0.6 is 0 Å². The van der Waals surface area contributed by atoms with Crippen molar-refractivity contribution in [2.24, 2.45) is 0 Å². The zero-order chi connectivity index (χ0) is 12.1. The van der Waals surface area contributed by atoms with Gasteiger partial charge in [-0.15, -0.1) is 5.75 Å². The Morgan fingerprint density at radius 3 is 1.88 bits per heavy atom. The third-order valence-electron chi connectivity index (χ3n) is 2.35. The molecule has 0 spiro atoms. The average Bonchev–Trinajstić information content (AvgIpc) is 2.31. The van der Waals surface area contributed by atoms with Crippen LogP contribution in [0, 0.1) is 6.92 Å². The van der Waals surface area contributed by atoms with E-state index < -0.39 is 0 Å². The number of hydrogen-bond acceptors (Lipinski definition) is 1. The maximum atomic E-state index is 10.3. The maximum absolute atomic E-state index is 10.3. The largest absolute Gasteiger partial charge is 2.00 e. The van der Waals surface area contributed by atoms with Crippen molar-refractivity contribution in [3.63, 3.8) is 0 Å². The van der Waals surface area contributed by atoms with Crippen LogP contribution in [0.2, 0.25) is 0 Å². The van der Waals surface area contributed by atoms with E-state index in [2.05, 4.69) is 13.8 Å². The van der Waals surface area contributed by atoms with Gasteiger partial charge in [-0.05, 0) is 0 Å². The van der Waals surface area contributed by atoms with Crippen molar-refractivity contribution in [2.45, 2.75) is 51.9 Å². The van der Waals surface area contributed by atoms with Gasteiger partial charge in [0.1, 0.15) is 0 Å². The second kappa shape index (κ2) is 16.6. The molecule has 0 N–H and O–H groups in total. The van der Waals surface area contributed by atoms with Gasteiger partial charge in [-0.1, -0.05) is 75.8 Å². The zero-order valence-corrected chi connectivity index (χ0v) is 15.6.